The lowest BCUT2D eigenvalue weighted by molar-refractivity contribution is -0.118. The maximum Gasteiger partial charge on any atom is 0.250 e. The standard InChI is InChI=1S/C14H9NO4S/c16-5-10(17)15-9-6-20-14-11(9)12(18)7-3-1-2-4-8(7)13(14)19/h1-4,6,16H,5H2,(H,15,17). The van der Waals surface area contributed by atoms with Gasteiger partial charge in [-0.25, -0.2) is 0 Å². The van der Waals surface area contributed by atoms with Crippen LogP contribution in [-0.4, -0.2) is 29.2 Å². The van der Waals surface area contributed by atoms with Crippen LogP contribution in [0, 0.1) is 0 Å². The molecule has 1 aliphatic carbocycles. The Hall–Kier alpha value is -2.31. The van der Waals surface area contributed by atoms with Gasteiger partial charge in [0, 0.05) is 16.5 Å². The van der Waals surface area contributed by atoms with Gasteiger partial charge in [0.05, 0.1) is 16.1 Å². The lowest BCUT2D eigenvalue weighted by atomic mass is 9.88. The summed E-state index contributed by atoms with van der Waals surface area (Å²) in [5.41, 5.74) is 1.20. The van der Waals surface area contributed by atoms with Crippen molar-refractivity contribution in [2.45, 2.75) is 0 Å². The molecule has 0 bridgehead atoms. The molecule has 0 atom stereocenters. The van der Waals surface area contributed by atoms with E-state index in [0.29, 0.717) is 16.0 Å². The number of aliphatic hydroxyl groups excluding tert-OH is 1. The molecule has 1 aliphatic rings. The van der Waals surface area contributed by atoms with Gasteiger partial charge < -0.3 is 10.4 Å². The van der Waals surface area contributed by atoms with E-state index in [-0.39, 0.29) is 22.8 Å². The number of anilines is 1. The second-order valence-corrected chi connectivity index (χ2v) is 5.14. The van der Waals surface area contributed by atoms with Crippen LogP contribution in [0.2, 0.25) is 0 Å². The number of carbonyl (C=O) groups is 3. The van der Waals surface area contributed by atoms with E-state index in [4.69, 9.17) is 5.11 Å². The van der Waals surface area contributed by atoms with Crippen molar-refractivity contribution in [3.63, 3.8) is 0 Å². The molecule has 100 valence electrons. The molecule has 6 heteroatoms. The van der Waals surface area contributed by atoms with Crippen molar-refractivity contribution >= 4 is 34.5 Å². The molecule has 2 N–H and O–H groups in total. The highest BCUT2D eigenvalue weighted by atomic mass is 32.1. The molecule has 1 aromatic carbocycles. The summed E-state index contributed by atoms with van der Waals surface area (Å²) in [6, 6.07) is 6.60. The fraction of sp³-hybridized carbons (Fsp3) is 0.0714. The molecule has 0 saturated heterocycles. The number of hydrogen-bond acceptors (Lipinski definition) is 5. The van der Waals surface area contributed by atoms with Crippen molar-refractivity contribution in [3.05, 3.63) is 51.2 Å². The molecule has 5 nitrogen and oxygen atoms in total. The highest BCUT2D eigenvalue weighted by Crippen LogP contribution is 2.36. The Labute approximate surface area is 117 Å². The summed E-state index contributed by atoms with van der Waals surface area (Å²) in [4.78, 5) is 36.3. The zero-order valence-electron chi connectivity index (χ0n) is 10.2. The lowest BCUT2D eigenvalue weighted by Crippen LogP contribution is -2.22. The first-order valence-corrected chi connectivity index (χ1v) is 6.72. The maximum absolute atomic E-state index is 12.4. The molecule has 1 heterocycles. The van der Waals surface area contributed by atoms with E-state index >= 15 is 0 Å². The van der Waals surface area contributed by atoms with Crippen molar-refractivity contribution in [1.82, 2.24) is 0 Å². The number of nitrogens with one attached hydrogen (secondary N) is 1. The highest BCUT2D eigenvalue weighted by Gasteiger charge is 2.33. The van der Waals surface area contributed by atoms with Crippen LogP contribution in [0.4, 0.5) is 5.69 Å². The Balaban J connectivity index is 2.13. The van der Waals surface area contributed by atoms with Crippen molar-refractivity contribution in [1.29, 1.82) is 0 Å². The van der Waals surface area contributed by atoms with Crippen LogP contribution < -0.4 is 5.32 Å². The number of fused-ring (bicyclic) bond motifs is 2. The number of amides is 1. The molecule has 20 heavy (non-hydrogen) atoms. The fourth-order valence-electron chi connectivity index (χ4n) is 2.17. The van der Waals surface area contributed by atoms with Crippen LogP contribution in [0.1, 0.15) is 31.2 Å². The summed E-state index contributed by atoms with van der Waals surface area (Å²) >= 11 is 1.11. The van der Waals surface area contributed by atoms with Gasteiger partial charge in [-0.3, -0.25) is 14.4 Å². The van der Waals surface area contributed by atoms with Crippen LogP contribution in [-0.2, 0) is 4.79 Å². The average molecular weight is 287 g/mol. The van der Waals surface area contributed by atoms with Crippen molar-refractivity contribution in [2.75, 3.05) is 11.9 Å². The lowest BCUT2D eigenvalue weighted by Gasteiger charge is -2.15. The van der Waals surface area contributed by atoms with Gasteiger partial charge in [-0.05, 0) is 0 Å². The zero-order chi connectivity index (χ0) is 14.3. The Kier molecular flexibility index (Phi) is 2.96. The van der Waals surface area contributed by atoms with E-state index in [1.165, 1.54) is 0 Å². The summed E-state index contributed by atoms with van der Waals surface area (Å²) in [6.07, 6.45) is 0. The fourth-order valence-corrected chi connectivity index (χ4v) is 3.12. The summed E-state index contributed by atoms with van der Waals surface area (Å²) in [5, 5.41) is 12.7. The number of ketones is 2. The van der Waals surface area contributed by atoms with Gasteiger partial charge >= 0.3 is 0 Å². The third kappa shape index (κ3) is 1.77. The summed E-state index contributed by atoms with van der Waals surface area (Å²) in [6.45, 7) is -0.677. The summed E-state index contributed by atoms with van der Waals surface area (Å²) < 4.78 is 0. The van der Waals surface area contributed by atoms with Gasteiger partial charge in [0.1, 0.15) is 6.61 Å². The maximum atomic E-state index is 12.4. The second-order valence-electron chi connectivity index (χ2n) is 4.26. The topological polar surface area (TPSA) is 83.5 Å². The third-order valence-corrected chi connectivity index (χ3v) is 4.04. The molecule has 1 aromatic heterocycles. The number of benzene rings is 1. The smallest absolute Gasteiger partial charge is 0.250 e. The van der Waals surface area contributed by atoms with E-state index < -0.39 is 12.5 Å². The minimum absolute atomic E-state index is 0.209. The summed E-state index contributed by atoms with van der Waals surface area (Å²) in [7, 11) is 0. The predicted octanol–water partition coefficient (Wildman–Crippen LogP) is 1.45. The number of carbonyl (C=O) groups excluding carboxylic acids is 3. The number of hydrogen-bond donors (Lipinski definition) is 2. The quantitative estimate of drug-likeness (QED) is 0.747. The van der Waals surface area contributed by atoms with Crippen molar-refractivity contribution in [3.8, 4) is 0 Å². The van der Waals surface area contributed by atoms with Crippen LogP contribution >= 0.6 is 11.3 Å². The summed E-state index contributed by atoms with van der Waals surface area (Å²) in [5.74, 6) is -1.13. The normalized spacial score (nSPS) is 12.8. The Bertz CT molecular complexity index is 747. The number of thiophene rings is 1. The monoisotopic (exact) mass is 287 g/mol. The zero-order valence-corrected chi connectivity index (χ0v) is 11.0. The van der Waals surface area contributed by atoms with Gasteiger partial charge in [0.2, 0.25) is 11.7 Å². The van der Waals surface area contributed by atoms with Crippen LogP contribution in [0.15, 0.2) is 29.6 Å². The average Bonchev–Trinajstić information content (AvgIpc) is 2.88. The van der Waals surface area contributed by atoms with Crippen molar-refractivity contribution < 1.29 is 19.5 Å². The van der Waals surface area contributed by atoms with Gasteiger partial charge in [-0.2, -0.15) is 0 Å². The third-order valence-electron chi connectivity index (χ3n) is 3.06. The van der Waals surface area contributed by atoms with Gasteiger partial charge in [-0.15, -0.1) is 11.3 Å². The SMILES string of the molecule is O=C(CO)Nc1csc2c1C(=O)c1ccccc1C2=O. The molecule has 3 rings (SSSR count). The first-order chi connectivity index (χ1) is 9.63. The number of aliphatic hydroxyl groups is 1. The molecule has 0 aliphatic heterocycles. The van der Waals surface area contributed by atoms with Gasteiger partial charge in [0.25, 0.3) is 0 Å². The van der Waals surface area contributed by atoms with Crippen LogP contribution in [0.25, 0.3) is 0 Å². The molecule has 0 radical (unpaired) electrons. The molecule has 1 amide bonds. The highest BCUT2D eigenvalue weighted by molar-refractivity contribution is 7.13. The minimum atomic E-state index is -0.677. The Morgan fingerprint density at radius 3 is 2.45 bits per heavy atom. The molecular weight excluding hydrogens is 278 g/mol. The molecule has 0 unspecified atom stereocenters. The molecule has 0 saturated carbocycles. The first-order valence-electron chi connectivity index (χ1n) is 5.84. The largest absolute Gasteiger partial charge is 0.387 e. The van der Waals surface area contributed by atoms with Crippen LogP contribution in [0.3, 0.4) is 0 Å². The van der Waals surface area contributed by atoms with E-state index in [0.717, 1.165) is 11.3 Å². The Morgan fingerprint density at radius 2 is 1.80 bits per heavy atom. The molecule has 2 aromatic rings. The minimum Gasteiger partial charge on any atom is -0.387 e. The van der Waals surface area contributed by atoms with Gasteiger partial charge in [0.15, 0.2) is 5.78 Å². The van der Waals surface area contributed by atoms with E-state index in [1.54, 1.807) is 29.6 Å². The first kappa shape index (κ1) is 12.7. The van der Waals surface area contributed by atoms with E-state index in [9.17, 15) is 14.4 Å². The molecular formula is C14H9NO4S. The van der Waals surface area contributed by atoms with Crippen molar-refractivity contribution in [2.24, 2.45) is 0 Å². The molecule has 0 spiro atoms. The van der Waals surface area contributed by atoms with E-state index in [2.05, 4.69) is 5.32 Å². The second kappa shape index (κ2) is 4.66. The van der Waals surface area contributed by atoms with Crippen LogP contribution in [0.5, 0.6) is 0 Å². The number of rotatable bonds is 2. The van der Waals surface area contributed by atoms with E-state index in [1.807, 2.05) is 0 Å². The Morgan fingerprint density at radius 1 is 1.15 bits per heavy atom. The molecule has 0 fully saturated rings. The van der Waals surface area contributed by atoms with Gasteiger partial charge in [-0.1, -0.05) is 24.3 Å². The predicted molar refractivity (Wildman–Crippen MR) is 73.3 cm³/mol.